The third-order valence-corrected chi connectivity index (χ3v) is 7.67. The number of carbonyl (C=O) groups is 2. The van der Waals surface area contributed by atoms with Crippen LogP contribution in [-0.4, -0.2) is 61.6 Å². The molecule has 2 aliphatic heterocycles. The molecule has 198 valence electrons. The van der Waals surface area contributed by atoms with Gasteiger partial charge >= 0.3 is 12.1 Å². The molecule has 1 fully saturated rings. The summed E-state index contributed by atoms with van der Waals surface area (Å²) in [6.45, 7) is 6.64. The van der Waals surface area contributed by atoms with Gasteiger partial charge in [-0.15, -0.1) is 11.3 Å². The fraction of sp³-hybridized carbons (Fsp3) is 0.571. The first kappa shape index (κ1) is 27.9. The second-order valence-electron chi connectivity index (χ2n) is 8.77. The predicted octanol–water partition coefficient (Wildman–Crippen LogP) is 3.57. The summed E-state index contributed by atoms with van der Waals surface area (Å²) < 4.78 is 39.3. The van der Waals surface area contributed by atoms with Crippen molar-refractivity contribution in [3.63, 3.8) is 0 Å². The lowest BCUT2D eigenvalue weighted by Crippen LogP contribution is -2.49. The van der Waals surface area contributed by atoms with Crippen LogP contribution in [0.2, 0.25) is 0 Å². The lowest BCUT2D eigenvalue weighted by molar-refractivity contribution is -0.192. The van der Waals surface area contributed by atoms with Gasteiger partial charge in [-0.05, 0) is 25.3 Å². The fourth-order valence-electron chi connectivity index (χ4n) is 3.77. The third kappa shape index (κ3) is 6.18. The highest BCUT2D eigenvalue weighted by Crippen LogP contribution is 2.47. The maximum absolute atomic E-state index is 12.7. The number of amides is 1. The number of carboxylic acid groups (broad SMARTS) is 1. The summed E-state index contributed by atoms with van der Waals surface area (Å²) in [6.07, 6.45) is -3.97. The monoisotopic (exact) mass is 548 g/mol. The van der Waals surface area contributed by atoms with Crippen LogP contribution < -0.4 is 11.1 Å². The maximum Gasteiger partial charge on any atom is 0.490 e. The Balaban J connectivity index is 0.000000454. The van der Waals surface area contributed by atoms with Gasteiger partial charge in [-0.2, -0.15) is 18.3 Å². The number of nitrogens with zero attached hydrogens (tertiary/aromatic N) is 4. The Morgan fingerprint density at radius 1 is 1.39 bits per heavy atom. The molecular weight excluding hydrogens is 521 g/mol. The molecule has 0 unspecified atom stereocenters. The highest BCUT2D eigenvalue weighted by molar-refractivity contribution is 8.13. The van der Waals surface area contributed by atoms with E-state index in [1.165, 1.54) is 11.3 Å². The van der Waals surface area contributed by atoms with Crippen molar-refractivity contribution in [2.24, 2.45) is 23.7 Å². The van der Waals surface area contributed by atoms with Gasteiger partial charge in [-0.3, -0.25) is 9.48 Å². The van der Waals surface area contributed by atoms with Crippen LogP contribution in [0.3, 0.4) is 0 Å². The highest BCUT2D eigenvalue weighted by Gasteiger charge is 2.49. The topological polar surface area (TPSA) is 145 Å². The van der Waals surface area contributed by atoms with Gasteiger partial charge in [-0.1, -0.05) is 25.6 Å². The van der Waals surface area contributed by atoms with Gasteiger partial charge < -0.3 is 20.9 Å². The molecule has 2 aromatic rings. The van der Waals surface area contributed by atoms with Gasteiger partial charge in [0.15, 0.2) is 5.17 Å². The molecule has 1 saturated heterocycles. The number of amidine groups is 1. The number of nitrogens with two attached hydrogens (primary N) is 1. The molecule has 0 radical (unpaired) electrons. The van der Waals surface area contributed by atoms with Crippen molar-refractivity contribution in [1.29, 1.82) is 0 Å². The Labute approximate surface area is 213 Å². The number of ether oxygens (including phenoxy) is 1. The summed E-state index contributed by atoms with van der Waals surface area (Å²) in [4.78, 5) is 31.1. The van der Waals surface area contributed by atoms with Gasteiger partial charge in [0, 0.05) is 24.1 Å². The van der Waals surface area contributed by atoms with Crippen molar-refractivity contribution in [2.75, 3.05) is 17.7 Å². The minimum Gasteiger partial charge on any atom is -0.475 e. The van der Waals surface area contributed by atoms with Crippen LogP contribution in [-0.2, 0) is 22.1 Å². The molecule has 0 aliphatic carbocycles. The second kappa shape index (κ2) is 10.8. The molecule has 3 atom stereocenters. The lowest BCUT2D eigenvalue weighted by atomic mass is 9.80. The number of anilines is 1. The van der Waals surface area contributed by atoms with Crippen molar-refractivity contribution in [2.45, 2.75) is 50.9 Å². The Morgan fingerprint density at radius 2 is 2.06 bits per heavy atom. The zero-order valence-corrected chi connectivity index (χ0v) is 21.6. The number of thiazole rings is 1. The van der Waals surface area contributed by atoms with Crippen molar-refractivity contribution in [3.8, 4) is 0 Å². The third-order valence-electron chi connectivity index (χ3n) is 5.70. The molecule has 15 heteroatoms. The predicted molar refractivity (Wildman–Crippen MR) is 130 cm³/mol. The molecule has 1 amide bonds. The summed E-state index contributed by atoms with van der Waals surface area (Å²) in [6, 6.07) is 1.82. The summed E-state index contributed by atoms with van der Waals surface area (Å²) in [5.74, 6) is -1.01. The number of hydrogen-bond donors (Lipinski definition) is 3. The number of thioether (sulfide) groups is 1. The number of hydrogen-bond acceptors (Lipinski definition) is 9. The molecule has 2 aliphatic rings. The van der Waals surface area contributed by atoms with E-state index in [4.69, 9.17) is 30.3 Å². The molecule has 0 aromatic carbocycles. The van der Waals surface area contributed by atoms with Crippen molar-refractivity contribution in [3.05, 3.63) is 27.8 Å². The average Bonchev–Trinajstić information content (AvgIpc) is 3.41. The average molecular weight is 549 g/mol. The lowest BCUT2D eigenvalue weighted by Gasteiger charge is -2.44. The summed E-state index contributed by atoms with van der Waals surface area (Å²) >= 11 is 3.08. The number of carbonyl (C=O) groups excluding carboxylic acids is 1. The van der Waals surface area contributed by atoms with E-state index in [1.807, 2.05) is 25.3 Å². The summed E-state index contributed by atoms with van der Waals surface area (Å²) in [7, 11) is 1.77. The number of rotatable bonds is 4. The number of aryl methyl sites for hydroxylation is 1. The summed E-state index contributed by atoms with van der Waals surface area (Å²) in [5, 5.41) is 17.7. The first-order valence-corrected chi connectivity index (χ1v) is 12.8. The van der Waals surface area contributed by atoms with Gasteiger partial charge in [0.05, 0.1) is 18.4 Å². The first-order valence-electron chi connectivity index (χ1n) is 10.9. The van der Waals surface area contributed by atoms with Crippen LogP contribution in [0, 0.1) is 5.92 Å². The quantitative estimate of drug-likeness (QED) is 0.526. The molecule has 2 aromatic heterocycles. The second-order valence-corrected chi connectivity index (χ2v) is 10.7. The Hall–Kier alpha value is -2.65. The van der Waals surface area contributed by atoms with E-state index in [9.17, 15) is 18.0 Å². The minimum absolute atomic E-state index is 0.197. The zero-order valence-electron chi connectivity index (χ0n) is 20.0. The number of nitrogens with one attached hydrogen (secondary N) is 1. The molecule has 4 N–H and O–H groups in total. The van der Waals surface area contributed by atoms with Crippen molar-refractivity contribution < 1.29 is 32.6 Å². The van der Waals surface area contributed by atoms with Gasteiger partial charge in [0.2, 0.25) is 0 Å². The van der Waals surface area contributed by atoms with Crippen LogP contribution in [0.1, 0.15) is 54.3 Å². The maximum atomic E-state index is 12.7. The van der Waals surface area contributed by atoms with Crippen molar-refractivity contribution >= 4 is 46.0 Å². The number of alkyl halides is 3. The SMILES string of the molecule is CC(C)c1cc(C(=O)Nc2csc([C@]34CO[C@@H](C)C[C@H]3CSC(N)=N4)n2)n(C)n1.O=C(O)C(F)(F)F. The van der Waals surface area contributed by atoms with Crippen LogP contribution >= 0.6 is 23.1 Å². The molecule has 36 heavy (non-hydrogen) atoms. The number of carboxylic acids is 1. The number of aromatic nitrogens is 3. The number of aliphatic imine (C=N–C) groups is 1. The normalized spacial score (nSPS) is 23.8. The van der Waals surface area contributed by atoms with Gasteiger partial charge in [0.1, 0.15) is 22.1 Å². The highest BCUT2D eigenvalue weighted by atomic mass is 32.2. The van der Waals surface area contributed by atoms with Crippen LogP contribution in [0.4, 0.5) is 19.0 Å². The van der Waals surface area contributed by atoms with E-state index in [2.05, 4.69) is 17.3 Å². The van der Waals surface area contributed by atoms with E-state index < -0.39 is 17.7 Å². The van der Waals surface area contributed by atoms with Crippen LogP contribution in [0.25, 0.3) is 0 Å². The molecular formula is C21H27F3N6O4S2. The number of aliphatic carboxylic acids is 1. The van der Waals surface area contributed by atoms with E-state index in [0.717, 1.165) is 22.9 Å². The number of fused-ring (bicyclic) bond motifs is 1. The zero-order chi connectivity index (χ0) is 26.8. The molecule has 0 spiro atoms. The molecule has 0 saturated carbocycles. The van der Waals surface area contributed by atoms with Gasteiger partial charge in [0.25, 0.3) is 5.91 Å². The Bertz CT molecular complexity index is 1150. The Morgan fingerprint density at radius 3 is 2.64 bits per heavy atom. The van der Waals surface area contributed by atoms with E-state index in [0.29, 0.717) is 29.2 Å². The van der Waals surface area contributed by atoms with Gasteiger partial charge in [-0.25, -0.2) is 14.8 Å². The minimum atomic E-state index is -5.08. The molecule has 4 rings (SSSR count). The van der Waals surface area contributed by atoms with E-state index >= 15 is 0 Å². The summed E-state index contributed by atoms with van der Waals surface area (Å²) in [5.41, 5.74) is 6.89. The molecule has 4 heterocycles. The smallest absolute Gasteiger partial charge is 0.475 e. The Kier molecular flexibility index (Phi) is 8.35. The van der Waals surface area contributed by atoms with Crippen molar-refractivity contribution in [1.82, 2.24) is 14.8 Å². The molecule has 10 nitrogen and oxygen atoms in total. The molecule has 0 bridgehead atoms. The largest absolute Gasteiger partial charge is 0.490 e. The first-order chi connectivity index (χ1) is 16.7. The van der Waals surface area contributed by atoms with E-state index in [1.54, 1.807) is 23.5 Å². The van der Waals surface area contributed by atoms with Crippen LogP contribution in [0.5, 0.6) is 0 Å². The van der Waals surface area contributed by atoms with Crippen LogP contribution in [0.15, 0.2) is 16.4 Å². The number of halogens is 3. The fourth-order valence-corrected chi connectivity index (χ4v) is 5.75. The van der Waals surface area contributed by atoms with E-state index in [-0.39, 0.29) is 17.9 Å². The standard InChI is InChI=1S/C19H26N6O2S2.C2HF3O2/c1-10(2)13-6-14(25(4)24-13)16(26)21-15-8-28-17(22-15)19-9-27-11(3)5-12(19)7-29-18(20)23-19;3-2(4,5)1(6)7/h6,8,10-12H,5,7,9H2,1-4H3,(H2,20,23)(H,21,26);(H,6,7)/t11-,12-,19-;/m0./s1.